The molecule has 1 aliphatic heterocycles. The van der Waals surface area contributed by atoms with E-state index in [2.05, 4.69) is 21.2 Å². The van der Waals surface area contributed by atoms with Gasteiger partial charge >= 0.3 is 10.1 Å². The fraction of sp³-hybridized carbons (Fsp3) is 0.148. The fourth-order valence-corrected chi connectivity index (χ4v) is 6.45. The number of carbonyl (C=O) groups excluding carboxylic acids is 3. The van der Waals surface area contributed by atoms with Crippen molar-refractivity contribution in [3.8, 4) is 11.5 Å². The van der Waals surface area contributed by atoms with Crippen molar-refractivity contribution >= 4 is 89.8 Å². The predicted molar refractivity (Wildman–Crippen MR) is 162 cm³/mol. The minimum Gasteiger partial charge on any atom is -0.490 e. The summed E-state index contributed by atoms with van der Waals surface area (Å²) in [6, 6.07) is 13.4. The molecule has 1 N–H and O–H groups in total. The first-order valence-corrected chi connectivity index (χ1v) is 15.6. The standard InChI is InChI=1S/C27H21BrCl2N2O7S2/c1-3-38-23-12-17(13-24-26(34)32(27(35)40-24)14-16-4-9-21(29)22(30)11-16)10-20(28)25(23)39-41(36,37)19-7-5-18(6-8-19)31-15(2)33/h4-13H,3,14H2,1-2H3,(H,31,33)/b24-13-. The summed E-state index contributed by atoms with van der Waals surface area (Å²) in [5.74, 6) is -0.784. The van der Waals surface area contributed by atoms with Crippen LogP contribution in [0.2, 0.25) is 10.0 Å². The summed E-state index contributed by atoms with van der Waals surface area (Å²) in [4.78, 5) is 38.0. The van der Waals surface area contributed by atoms with Crippen molar-refractivity contribution in [1.29, 1.82) is 0 Å². The maximum absolute atomic E-state index is 13.1. The summed E-state index contributed by atoms with van der Waals surface area (Å²) in [5.41, 5.74) is 1.53. The molecule has 0 saturated carbocycles. The lowest BCUT2D eigenvalue weighted by molar-refractivity contribution is -0.123. The lowest BCUT2D eigenvalue weighted by Crippen LogP contribution is -2.27. The molecule has 0 bridgehead atoms. The van der Waals surface area contributed by atoms with Gasteiger partial charge in [0.15, 0.2) is 11.5 Å². The Morgan fingerprint density at radius 1 is 1.07 bits per heavy atom. The fourth-order valence-electron chi connectivity index (χ4n) is 3.69. The third-order valence-corrected chi connectivity index (χ3v) is 8.96. The molecule has 3 aromatic rings. The topological polar surface area (TPSA) is 119 Å². The number of benzene rings is 3. The Morgan fingerprint density at radius 3 is 2.41 bits per heavy atom. The molecule has 4 rings (SSSR count). The number of nitrogens with zero attached hydrogens (tertiary/aromatic N) is 1. The van der Waals surface area contributed by atoms with E-state index in [9.17, 15) is 22.8 Å². The van der Waals surface area contributed by atoms with E-state index in [-0.39, 0.29) is 44.8 Å². The number of rotatable bonds is 9. The summed E-state index contributed by atoms with van der Waals surface area (Å²) in [6.07, 6.45) is 1.51. The molecule has 3 aromatic carbocycles. The molecule has 214 valence electrons. The van der Waals surface area contributed by atoms with Crippen LogP contribution in [0, 0.1) is 0 Å². The Morgan fingerprint density at radius 2 is 1.78 bits per heavy atom. The highest BCUT2D eigenvalue weighted by atomic mass is 79.9. The molecule has 0 atom stereocenters. The summed E-state index contributed by atoms with van der Waals surface area (Å²) >= 11 is 16.1. The van der Waals surface area contributed by atoms with Crippen LogP contribution < -0.4 is 14.2 Å². The number of hydrogen-bond donors (Lipinski definition) is 1. The first-order chi connectivity index (χ1) is 19.4. The van der Waals surface area contributed by atoms with Crippen LogP contribution in [0.4, 0.5) is 10.5 Å². The molecule has 0 unspecified atom stereocenters. The molecule has 0 aliphatic carbocycles. The number of halogens is 3. The van der Waals surface area contributed by atoms with Gasteiger partial charge in [-0.15, -0.1) is 0 Å². The summed E-state index contributed by atoms with van der Waals surface area (Å²) < 4.78 is 37.3. The van der Waals surface area contributed by atoms with Crippen molar-refractivity contribution in [2.45, 2.75) is 25.3 Å². The Kier molecular flexibility index (Phi) is 9.70. The van der Waals surface area contributed by atoms with Crippen LogP contribution in [-0.2, 0) is 26.3 Å². The number of nitrogens with one attached hydrogen (secondary N) is 1. The largest absolute Gasteiger partial charge is 0.490 e. The third-order valence-electron chi connectivity index (χ3n) is 5.48. The van der Waals surface area contributed by atoms with Crippen molar-refractivity contribution in [2.24, 2.45) is 0 Å². The molecular weight excluding hydrogens is 679 g/mol. The van der Waals surface area contributed by atoms with Crippen molar-refractivity contribution in [3.05, 3.63) is 85.1 Å². The van der Waals surface area contributed by atoms with Gasteiger partial charge in [0.05, 0.1) is 32.6 Å². The second-order valence-corrected chi connectivity index (χ2v) is 12.7. The molecule has 1 saturated heterocycles. The van der Waals surface area contributed by atoms with Crippen LogP contribution in [0.25, 0.3) is 6.08 Å². The number of imide groups is 1. The summed E-state index contributed by atoms with van der Waals surface area (Å²) in [7, 11) is -4.28. The Hall–Kier alpha value is -3.03. The van der Waals surface area contributed by atoms with Gasteiger partial charge in [-0.05, 0) is 100 Å². The van der Waals surface area contributed by atoms with Crippen molar-refractivity contribution in [3.63, 3.8) is 0 Å². The summed E-state index contributed by atoms with van der Waals surface area (Å²) in [5, 5.41) is 2.78. The molecule has 41 heavy (non-hydrogen) atoms. The van der Waals surface area contributed by atoms with Gasteiger partial charge < -0.3 is 14.2 Å². The zero-order valence-corrected chi connectivity index (χ0v) is 26.2. The number of amides is 3. The van der Waals surface area contributed by atoms with Crippen LogP contribution in [0.15, 0.2) is 68.9 Å². The Balaban J connectivity index is 1.59. The number of carbonyl (C=O) groups is 3. The van der Waals surface area contributed by atoms with E-state index in [0.29, 0.717) is 26.9 Å². The Labute approximate surface area is 259 Å². The van der Waals surface area contributed by atoms with E-state index in [4.69, 9.17) is 32.1 Å². The van der Waals surface area contributed by atoms with Gasteiger partial charge in [-0.25, -0.2) is 0 Å². The van der Waals surface area contributed by atoms with Gasteiger partial charge in [-0.1, -0.05) is 29.3 Å². The smallest absolute Gasteiger partial charge is 0.339 e. The van der Waals surface area contributed by atoms with Crippen LogP contribution in [-0.4, -0.2) is 37.0 Å². The first-order valence-electron chi connectivity index (χ1n) is 11.9. The quantitative estimate of drug-likeness (QED) is 0.185. The number of thioether (sulfide) groups is 1. The second kappa shape index (κ2) is 12.9. The molecule has 0 spiro atoms. The average Bonchev–Trinajstić information content (AvgIpc) is 3.15. The molecule has 1 heterocycles. The molecule has 9 nitrogen and oxygen atoms in total. The van der Waals surface area contributed by atoms with E-state index in [1.165, 1.54) is 43.3 Å². The lowest BCUT2D eigenvalue weighted by Gasteiger charge is -2.15. The first kappa shape index (κ1) is 30.9. The van der Waals surface area contributed by atoms with Gasteiger partial charge in [-0.2, -0.15) is 8.42 Å². The maximum Gasteiger partial charge on any atom is 0.339 e. The lowest BCUT2D eigenvalue weighted by atomic mass is 10.1. The van der Waals surface area contributed by atoms with Gasteiger partial charge in [-0.3, -0.25) is 19.3 Å². The van der Waals surface area contributed by atoms with Gasteiger partial charge in [0.2, 0.25) is 5.91 Å². The predicted octanol–water partition coefficient (Wildman–Crippen LogP) is 7.12. The van der Waals surface area contributed by atoms with E-state index >= 15 is 0 Å². The monoisotopic (exact) mass is 698 g/mol. The van der Waals surface area contributed by atoms with E-state index in [1.807, 2.05) is 0 Å². The Bertz CT molecular complexity index is 1680. The van der Waals surface area contributed by atoms with Crippen LogP contribution in [0.1, 0.15) is 25.0 Å². The van der Waals surface area contributed by atoms with E-state index in [0.717, 1.165) is 16.7 Å². The molecule has 0 radical (unpaired) electrons. The van der Waals surface area contributed by atoms with Gasteiger partial charge in [0.25, 0.3) is 11.1 Å². The average molecular weight is 700 g/mol. The molecule has 3 amide bonds. The number of hydrogen-bond acceptors (Lipinski definition) is 8. The maximum atomic E-state index is 13.1. The minimum absolute atomic E-state index is 0.0171. The second-order valence-electron chi connectivity index (χ2n) is 8.52. The zero-order valence-electron chi connectivity index (χ0n) is 21.4. The van der Waals surface area contributed by atoms with Gasteiger partial charge in [0, 0.05) is 12.6 Å². The van der Waals surface area contributed by atoms with Crippen molar-refractivity contribution in [1.82, 2.24) is 4.90 Å². The minimum atomic E-state index is -4.28. The molecule has 1 aliphatic rings. The molecule has 14 heteroatoms. The molecular formula is C27H21BrCl2N2O7S2. The van der Waals surface area contributed by atoms with Gasteiger partial charge in [0.1, 0.15) is 4.90 Å². The SMILES string of the molecule is CCOc1cc(/C=C2\SC(=O)N(Cc3ccc(Cl)c(Cl)c3)C2=O)cc(Br)c1OS(=O)(=O)c1ccc(NC(C)=O)cc1. The van der Waals surface area contributed by atoms with Crippen LogP contribution >= 0.6 is 50.9 Å². The highest BCUT2D eigenvalue weighted by molar-refractivity contribution is 9.10. The third kappa shape index (κ3) is 7.44. The number of ether oxygens (including phenoxy) is 1. The molecule has 0 aromatic heterocycles. The zero-order chi connectivity index (χ0) is 29.9. The van der Waals surface area contributed by atoms with E-state index in [1.54, 1.807) is 31.2 Å². The van der Waals surface area contributed by atoms with Crippen molar-refractivity contribution in [2.75, 3.05) is 11.9 Å². The molecule has 1 fully saturated rings. The number of anilines is 1. The van der Waals surface area contributed by atoms with E-state index < -0.39 is 21.3 Å². The summed E-state index contributed by atoms with van der Waals surface area (Å²) in [6.45, 7) is 3.27. The van der Waals surface area contributed by atoms with Crippen LogP contribution in [0.3, 0.4) is 0 Å². The highest BCUT2D eigenvalue weighted by Crippen LogP contribution is 2.41. The van der Waals surface area contributed by atoms with Crippen molar-refractivity contribution < 1.29 is 31.7 Å². The normalized spacial score (nSPS) is 14.5. The highest BCUT2D eigenvalue weighted by Gasteiger charge is 2.35. The van der Waals surface area contributed by atoms with Crippen LogP contribution in [0.5, 0.6) is 11.5 Å².